The molecule has 1 aliphatic rings. The highest BCUT2D eigenvalue weighted by Gasteiger charge is 2.53. The molecule has 0 fully saturated rings. The number of aliphatic imine (C=N–C) groups is 1. The Morgan fingerprint density at radius 3 is 2.30 bits per heavy atom. The smallest absolute Gasteiger partial charge is 0.266 e. The second kappa shape index (κ2) is 14.8. The van der Waals surface area contributed by atoms with E-state index in [0.717, 1.165) is 44.9 Å². The van der Waals surface area contributed by atoms with Crippen LogP contribution in [0.25, 0.3) is 0 Å². The molecule has 1 aliphatic heterocycles. The van der Waals surface area contributed by atoms with Gasteiger partial charge in [-0.2, -0.15) is 0 Å². The summed E-state index contributed by atoms with van der Waals surface area (Å²) in [4.78, 5) is 19.1. The Hall–Kier alpha value is -2.72. The first-order chi connectivity index (χ1) is 19.4. The second-order valence-electron chi connectivity index (χ2n) is 9.73. The minimum Gasteiger partial charge on any atom is -0.494 e. The zero-order valence-electron chi connectivity index (χ0n) is 22.5. The number of unbranched alkanes of at least 4 members (excludes halogenated alkanes) is 2. The van der Waals surface area contributed by atoms with Crippen LogP contribution in [-0.2, 0) is 16.0 Å². The minimum atomic E-state index is -1.26. The molecule has 0 bridgehead atoms. The number of aliphatic hydroxyl groups excluding tert-OH is 1. The fourth-order valence-electron chi connectivity index (χ4n) is 4.55. The highest BCUT2D eigenvalue weighted by molar-refractivity contribution is 9.10. The number of carbonyl (C=O) groups is 1. The number of amides is 1. The number of ether oxygens (including phenoxy) is 2. The van der Waals surface area contributed by atoms with Crippen molar-refractivity contribution in [2.75, 3.05) is 19.8 Å². The Bertz CT molecular complexity index is 1270. The summed E-state index contributed by atoms with van der Waals surface area (Å²) >= 11 is 7.02. The van der Waals surface area contributed by atoms with Crippen molar-refractivity contribution < 1.29 is 19.4 Å². The number of benzene rings is 3. The normalized spacial score (nSPS) is 18.2. The fraction of sp³-hybridized carbons (Fsp3) is 0.355. The van der Waals surface area contributed by atoms with Crippen molar-refractivity contribution in [3.8, 4) is 5.75 Å². The van der Waals surface area contributed by atoms with Crippen LogP contribution in [0.2, 0.25) is 0 Å². The van der Waals surface area contributed by atoms with Crippen LogP contribution < -0.4 is 15.6 Å². The molecule has 0 spiro atoms. The van der Waals surface area contributed by atoms with Gasteiger partial charge in [0.2, 0.25) is 5.90 Å². The number of hydrazine groups is 1. The van der Waals surface area contributed by atoms with Gasteiger partial charge in [-0.25, -0.2) is 10.4 Å². The summed E-state index contributed by atoms with van der Waals surface area (Å²) in [5.74, 6) is 0.835. The SMILES string of the molecule is CCCCCNNC(=O)[C@@]1(Cc2ccc(Br)cc2)N=C(c2ccc(OCCCO)cc2)O[C@H]1c1ccc(Br)cc1. The largest absolute Gasteiger partial charge is 0.494 e. The van der Waals surface area contributed by atoms with E-state index in [1.807, 2.05) is 72.8 Å². The van der Waals surface area contributed by atoms with Gasteiger partial charge < -0.3 is 14.6 Å². The van der Waals surface area contributed by atoms with Crippen molar-refractivity contribution in [3.05, 3.63) is 98.4 Å². The molecule has 9 heteroatoms. The third-order valence-electron chi connectivity index (χ3n) is 6.70. The number of hydrogen-bond donors (Lipinski definition) is 3. The number of nitrogens with zero attached hydrogens (tertiary/aromatic N) is 1. The fourth-order valence-corrected chi connectivity index (χ4v) is 5.08. The molecule has 3 N–H and O–H groups in total. The van der Waals surface area contributed by atoms with Crippen molar-refractivity contribution in [3.63, 3.8) is 0 Å². The van der Waals surface area contributed by atoms with Crippen LogP contribution in [0, 0.1) is 0 Å². The average Bonchev–Trinajstić information content (AvgIpc) is 3.35. The lowest BCUT2D eigenvalue weighted by molar-refractivity contribution is -0.130. The number of nitrogens with one attached hydrogen (secondary N) is 2. The molecule has 0 aromatic heterocycles. The number of aliphatic hydroxyl groups is 1. The Morgan fingerprint density at radius 1 is 0.975 bits per heavy atom. The van der Waals surface area contributed by atoms with E-state index < -0.39 is 11.6 Å². The molecule has 0 saturated heterocycles. The van der Waals surface area contributed by atoms with Gasteiger partial charge in [0, 0.05) is 40.5 Å². The topological polar surface area (TPSA) is 92.2 Å². The maximum absolute atomic E-state index is 14.1. The monoisotopic (exact) mass is 671 g/mol. The summed E-state index contributed by atoms with van der Waals surface area (Å²) in [6, 6.07) is 23.2. The molecule has 3 aromatic rings. The molecular formula is C31H35Br2N3O4. The van der Waals surface area contributed by atoms with E-state index >= 15 is 0 Å². The zero-order chi connectivity index (χ0) is 28.4. The molecule has 0 aliphatic carbocycles. The molecule has 212 valence electrons. The minimum absolute atomic E-state index is 0.0795. The van der Waals surface area contributed by atoms with E-state index in [4.69, 9.17) is 19.6 Å². The van der Waals surface area contributed by atoms with Gasteiger partial charge in [0.1, 0.15) is 5.75 Å². The summed E-state index contributed by atoms with van der Waals surface area (Å²) in [6.07, 6.45) is 3.39. The van der Waals surface area contributed by atoms with Crippen molar-refractivity contribution in [1.82, 2.24) is 10.9 Å². The molecule has 2 atom stereocenters. The molecule has 0 radical (unpaired) electrons. The summed E-state index contributed by atoms with van der Waals surface area (Å²) in [5.41, 5.74) is 7.36. The van der Waals surface area contributed by atoms with Crippen LogP contribution in [0.15, 0.2) is 86.7 Å². The van der Waals surface area contributed by atoms with Gasteiger partial charge in [0.25, 0.3) is 5.91 Å². The van der Waals surface area contributed by atoms with Gasteiger partial charge in [-0.3, -0.25) is 10.2 Å². The summed E-state index contributed by atoms with van der Waals surface area (Å²) in [5, 5.41) is 9.02. The summed E-state index contributed by atoms with van der Waals surface area (Å²) in [6.45, 7) is 3.33. The van der Waals surface area contributed by atoms with Crippen LogP contribution in [0.3, 0.4) is 0 Å². The van der Waals surface area contributed by atoms with Crippen LogP contribution >= 0.6 is 31.9 Å². The predicted molar refractivity (Wildman–Crippen MR) is 164 cm³/mol. The van der Waals surface area contributed by atoms with E-state index in [0.29, 0.717) is 37.6 Å². The van der Waals surface area contributed by atoms with Crippen LogP contribution in [-0.4, -0.2) is 42.2 Å². The standard InChI is InChI=1S/C31H35Br2N3O4/c1-2-3-4-18-34-36-30(38)31(21-22-6-12-25(32)13-7-22)28(23-8-14-26(33)15-9-23)40-29(35-31)24-10-16-27(17-11-24)39-20-5-19-37/h6-17,28,34,37H,2-5,18-21H2,1H3,(H,36,38)/t28-,31-/m0/s1. The Balaban J connectivity index is 1.71. The van der Waals surface area contributed by atoms with Gasteiger partial charge in [-0.05, 0) is 66.1 Å². The van der Waals surface area contributed by atoms with E-state index in [2.05, 4.69) is 49.6 Å². The third kappa shape index (κ3) is 7.72. The first-order valence-electron chi connectivity index (χ1n) is 13.6. The first-order valence-corrected chi connectivity index (χ1v) is 15.2. The van der Waals surface area contributed by atoms with E-state index in [9.17, 15) is 4.79 Å². The number of hydrogen-bond acceptors (Lipinski definition) is 6. The molecule has 1 heterocycles. The van der Waals surface area contributed by atoms with Crippen molar-refractivity contribution in [2.24, 2.45) is 4.99 Å². The molecule has 4 rings (SSSR count). The van der Waals surface area contributed by atoms with Gasteiger partial charge in [-0.1, -0.05) is 75.9 Å². The highest BCUT2D eigenvalue weighted by Crippen LogP contribution is 2.43. The average molecular weight is 673 g/mol. The van der Waals surface area contributed by atoms with Crippen LogP contribution in [0.5, 0.6) is 5.75 Å². The number of halogens is 2. The molecule has 40 heavy (non-hydrogen) atoms. The molecular weight excluding hydrogens is 638 g/mol. The molecule has 7 nitrogen and oxygen atoms in total. The van der Waals surface area contributed by atoms with Crippen molar-refractivity contribution in [1.29, 1.82) is 0 Å². The van der Waals surface area contributed by atoms with Crippen LogP contribution in [0.1, 0.15) is 55.4 Å². The van der Waals surface area contributed by atoms with E-state index in [1.54, 1.807) is 0 Å². The number of rotatable bonds is 14. The first kappa shape index (κ1) is 30.2. The Kier molecular flexibility index (Phi) is 11.2. The maximum atomic E-state index is 14.1. The summed E-state index contributed by atoms with van der Waals surface area (Å²) in [7, 11) is 0. The lowest BCUT2D eigenvalue weighted by atomic mass is 9.82. The van der Waals surface area contributed by atoms with Gasteiger partial charge in [0.15, 0.2) is 11.6 Å². The quantitative estimate of drug-likeness (QED) is 0.138. The van der Waals surface area contributed by atoms with Gasteiger partial charge in [0.05, 0.1) is 6.61 Å². The van der Waals surface area contributed by atoms with E-state index in [-0.39, 0.29) is 12.5 Å². The van der Waals surface area contributed by atoms with Gasteiger partial charge >= 0.3 is 0 Å². The van der Waals surface area contributed by atoms with Gasteiger partial charge in [-0.15, -0.1) is 0 Å². The molecule has 1 amide bonds. The zero-order valence-corrected chi connectivity index (χ0v) is 25.7. The van der Waals surface area contributed by atoms with Crippen molar-refractivity contribution in [2.45, 2.75) is 50.7 Å². The van der Waals surface area contributed by atoms with E-state index in [1.165, 1.54) is 0 Å². The lowest BCUT2D eigenvalue weighted by Crippen LogP contribution is -2.54. The molecule has 0 unspecified atom stereocenters. The Morgan fingerprint density at radius 2 is 1.65 bits per heavy atom. The van der Waals surface area contributed by atoms with Crippen molar-refractivity contribution >= 4 is 43.7 Å². The summed E-state index contributed by atoms with van der Waals surface area (Å²) < 4.78 is 14.1. The Labute approximate surface area is 252 Å². The number of carbonyl (C=O) groups excluding carboxylic acids is 1. The lowest BCUT2D eigenvalue weighted by Gasteiger charge is -2.31. The van der Waals surface area contributed by atoms with Crippen LogP contribution in [0.4, 0.5) is 0 Å². The highest BCUT2D eigenvalue weighted by atomic mass is 79.9. The predicted octanol–water partition coefficient (Wildman–Crippen LogP) is 6.28. The molecule has 0 saturated carbocycles. The third-order valence-corrected chi connectivity index (χ3v) is 7.75. The molecule has 3 aromatic carbocycles. The maximum Gasteiger partial charge on any atom is 0.266 e. The second-order valence-corrected chi connectivity index (χ2v) is 11.6.